The lowest BCUT2D eigenvalue weighted by atomic mass is 9.78. The molecule has 3 fully saturated rings. The molecule has 1 unspecified atom stereocenters. The van der Waals surface area contributed by atoms with Gasteiger partial charge >= 0.3 is 0 Å². The second-order valence-corrected chi connectivity index (χ2v) is 6.40. The highest BCUT2D eigenvalue weighted by molar-refractivity contribution is 5.03. The highest BCUT2D eigenvalue weighted by atomic mass is 16.5. The van der Waals surface area contributed by atoms with E-state index in [2.05, 4.69) is 4.90 Å². The van der Waals surface area contributed by atoms with Crippen LogP contribution < -0.4 is 0 Å². The molecular weight excluding hydrogens is 226 g/mol. The predicted octanol–water partition coefficient (Wildman–Crippen LogP) is 2.18. The Morgan fingerprint density at radius 2 is 1.61 bits per heavy atom. The maximum Gasteiger partial charge on any atom is 0.0753 e. The largest absolute Gasteiger partial charge is 0.391 e. The molecule has 2 saturated heterocycles. The van der Waals surface area contributed by atoms with E-state index in [0.717, 1.165) is 26.1 Å². The quantitative estimate of drug-likeness (QED) is 0.837. The minimum Gasteiger partial charge on any atom is -0.391 e. The number of likely N-dealkylation sites (tertiary alicyclic amines) is 1. The van der Waals surface area contributed by atoms with Crippen LogP contribution in [0.3, 0.4) is 0 Å². The Balaban J connectivity index is 1.75. The molecule has 1 atom stereocenters. The molecule has 3 heteroatoms. The maximum absolute atomic E-state index is 11.0. The normalized spacial score (nSPS) is 31.8. The number of rotatable bonds is 3. The van der Waals surface area contributed by atoms with E-state index in [9.17, 15) is 5.11 Å². The second kappa shape index (κ2) is 5.48. The Labute approximate surface area is 110 Å². The molecule has 0 aromatic carbocycles. The molecule has 0 bridgehead atoms. The number of ether oxygens (including phenoxy) is 1. The van der Waals surface area contributed by atoms with Crippen LogP contribution in [0.5, 0.6) is 0 Å². The topological polar surface area (TPSA) is 32.7 Å². The summed E-state index contributed by atoms with van der Waals surface area (Å²) in [4.78, 5) is 2.63. The van der Waals surface area contributed by atoms with Crippen molar-refractivity contribution in [2.45, 2.75) is 63.0 Å². The number of hydrogen-bond acceptors (Lipinski definition) is 3. The molecule has 1 aliphatic carbocycles. The number of nitrogens with zero attached hydrogens (tertiary/aromatic N) is 1. The first kappa shape index (κ1) is 12.9. The minimum atomic E-state index is -0.123. The van der Waals surface area contributed by atoms with Crippen LogP contribution >= 0.6 is 0 Å². The van der Waals surface area contributed by atoms with Crippen molar-refractivity contribution in [1.82, 2.24) is 4.90 Å². The van der Waals surface area contributed by atoms with Crippen molar-refractivity contribution in [3.63, 3.8) is 0 Å². The summed E-state index contributed by atoms with van der Waals surface area (Å²) in [5, 5.41) is 11.0. The highest BCUT2D eigenvalue weighted by Crippen LogP contribution is 2.43. The van der Waals surface area contributed by atoms with Crippen LogP contribution in [0, 0.1) is 5.92 Å². The van der Waals surface area contributed by atoms with Gasteiger partial charge in [0.2, 0.25) is 0 Å². The summed E-state index contributed by atoms with van der Waals surface area (Å²) < 4.78 is 5.45. The summed E-state index contributed by atoms with van der Waals surface area (Å²) in [6.07, 6.45) is 9.66. The van der Waals surface area contributed by atoms with Gasteiger partial charge in [0.25, 0.3) is 0 Å². The van der Waals surface area contributed by atoms with Gasteiger partial charge in [0.05, 0.1) is 6.10 Å². The van der Waals surface area contributed by atoms with Crippen molar-refractivity contribution in [2.75, 3.05) is 26.3 Å². The first-order valence-electron chi connectivity index (χ1n) is 7.84. The molecule has 0 radical (unpaired) electrons. The molecule has 0 amide bonds. The molecule has 1 N–H and O–H groups in total. The van der Waals surface area contributed by atoms with Crippen LogP contribution in [-0.4, -0.2) is 48.0 Å². The SMILES string of the molecule is OC(C1CCOCC1)C1(N2CCCC2)CCCC1. The third-order valence-corrected chi connectivity index (χ3v) is 5.47. The first-order valence-corrected chi connectivity index (χ1v) is 7.84. The molecule has 0 aromatic rings. The predicted molar refractivity (Wildman–Crippen MR) is 71.6 cm³/mol. The Bertz CT molecular complexity index is 264. The van der Waals surface area contributed by atoms with E-state index in [0.29, 0.717) is 5.92 Å². The first-order chi connectivity index (χ1) is 8.83. The van der Waals surface area contributed by atoms with Crippen LogP contribution in [0.4, 0.5) is 0 Å². The van der Waals surface area contributed by atoms with E-state index in [-0.39, 0.29) is 11.6 Å². The Morgan fingerprint density at radius 1 is 1.00 bits per heavy atom. The monoisotopic (exact) mass is 253 g/mol. The Morgan fingerprint density at radius 3 is 2.22 bits per heavy atom. The summed E-state index contributed by atoms with van der Waals surface area (Å²) in [5.74, 6) is 0.470. The van der Waals surface area contributed by atoms with Crippen molar-refractivity contribution in [3.8, 4) is 0 Å². The number of aliphatic hydroxyl groups is 1. The van der Waals surface area contributed by atoms with E-state index >= 15 is 0 Å². The lowest BCUT2D eigenvalue weighted by Crippen LogP contribution is -2.57. The molecule has 104 valence electrons. The fraction of sp³-hybridized carbons (Fsp3) is 1.00. The zero-order chi connectivity index (χ0) is 12.4. The fourth-order valence-electron chi connectivity index (χ4n) is 4.42. The summed E-state index contributed by atoms with van der Waals surface area (Å²) in [6.45, 7) is 4.11. The molecule has 2 heterocycles. The zero-order valence-corrected chi connectivity index (χ0v) is 11.4. The Hall–Kier alpha value is -0.120. The van der Waals surface area contributed by atoms with Gasteiger partial charge in [-0.05, 0) is 57.5 Å². The fourth-order valence-corrected chi connectivity index (χ4v) is 4.42. The maximum atomic E-state index is 11.0. The van der Waals surface area contributed by atoms with Crippen LogP contribution in [0.15, 0.2) is 0 Å². The molecule has 3 aliphatic rings. The van der Waals surface area contributed by atoms with Crippen molar-refractivity contribution in [3.05, 3.63) is 0 Å². The van der Waals surface area contributed by atoms with E-state index in [1.165, 1.54) is 51.6 Å². The highest BCUT2D eigenvalue weighted by Gasteiger charge is 2.48. The molecular formula is C15H27NO2. The Kier molecular flexibility index (Phi) is 3.92. The average molecular weight is 253 g/mol. The van der Waals surface area contributed by atoms with E-state index in [4.69, 9.17) is 4.74 Å². The van der Waals surface area contributed by atoms with Crippen LogP contribution in [0.1, 0.15) is 51.4 Å². The van der Waals surface area contributed by atoms with Crippen molar-refractivity contribution in [2.24, 2.45) is 5.92 Å². The molecule has 1 saturated carbocycles. The van der Waals surface area contributed by atoms with Crippen LogP contribution in [-0.2, 0) is 4.74 Å². The van der Waals surface area contributed by atoms with Gasteiger partial charge in [0.1, 0.15) is 0 Å². The van der Waals surface area contributed by atoms with Gasteiger partial charge in [0.15, 0.2) is 0 Å². The molecule has 0 aromatic heterocycles. The summed E-state index contributed by atoms with van der Waals surface area (Å²) >= 11 is 0. The molecule has 18 heavy (non-hydrogen) atoms. The van der Waals surface area contributed by atoms with Gasteiger partial charge in [-0.1, -0.05) is 12.8 Å². The van der Waals surface area contributed by atoms with E-state index in [1.807, 2.05) is 0 Å². The van der Waals surface area contributed by atoms with Crippen LogP contribution in [0.25, 0.3) is 0 Å². The van der Waals surface area contributed by atoms with Gasteiger partial charge in [-0.3, -0.25) is 4.90 Å². The molecule has 0 spiro atoms. The molecule has 3 nitrogen and oxygen atoms in total. The van der Waals surface area contributed by atoms with Crippen LogP contribution in [0.2, 0.25) is 0 Å². The lowest BCUT2D eigenvalue weighted by molar-refractivity contribution is -0.0772. The van der Waals surface area contributed by atoms with Crippen molar-refractivity contribution >= 4 is 0 Å². The lowest BCUT2D eigenvalue weighted by Gasteiger charge is -2.46. The van der Waals surface area contributed by atoms with Gasteiger partial charge in [-0.15, -0.1) is 0 Å². The molecule has 2 aliphatic heterocycles. The summed E-state index contributed by atoms with van der Waals surface area (Å²) in [6, 6.07) is 0. The van der Waals surface area contributed by atoms with Gasteiger partial charge in [0, 0.05) is 18.8 Å². The van der Waals surface area contributed by atoms with Crippen molar-refractivity contribution in [1.29, 1.82) is 0 Å². The van der Waals surface area contributed by atoms with E-state index < -0.39 is 0 Å². The average Bonchev–Trinajstić information content (AvgIpc) is 3.10. The van der Waals surface area contributed by atoms with Crippen molar-refractivity contribution < 1.29 is 9.84 Å². The van der Waals surface area contributed by atoms with Gasteiger partial charge in [-0.2, -0.15) is 0 Å². The smallest absolute Gasteiger partial charge is 0.0753 e. The zero-order valence-electron chi connectivity index (χ0n) is 11.4. The minimum absolute atomic E-state index is 0.123. The number of aliphatic hydroxyl groups excluding tert-OH is 1. The third kappa shape index (κ3) is 2.21. The number of hydrogen-bond donors (Lipinski definition) is 1. The summed E-state index contributed by atoms with van der Waals surface area (Å²) in [7, 11) is 0. The van der Waals surface area contributed by atoms with Gasteiger partial charge < -0.3 is 9.84 Å². The molecule has 3 rings (SSSR count). The second-order valence-electron chi connectivity index (χ2n) is 6.40. The summed E-state index contributed by atoms with van der Waals surface area (Å²) in [5.41, 5.74) is 0.124. The van der Waals surface area contributed by atoms with Gasteiger partial charge in [-0.25, -0.2) is 0 Å². The third-order valence-electron chi connectivity index (χ3n) is 5.47. The standard InChI is InChI=1S/C15H27NO2/c17-14(13-5-11-18-12-6-13)15(7-1-2-8-15)16-9-3-4-10-16/h13-14,17H,1-12H2. The van der Waals surface area contributed by atoms with E-state index in [1.54, 1.807) is 0 Å².